The largest absolute Gasteiger partial charge is 0.326 e. The normalized spacial score (nSPS) is 24.0. The van der Waals surface area contributed by atoms with Gasteiger partial charge in [0, 0.05) is 18.8 Å². The first-order valence-electron chi connectivity index (χ1n) is 10.1. The fourth-order valence-corrected chi connectivity index (χ4v) is 4.44. The smallest absolute Gasteiger partial charge is 0.247 e. The average Bonchev–Trinajstić information content (AvgIpc) is 3.08. The number of rotatable bonds is 5. The highest BCUT2D eigenvalue weighted by Gasteiger charge is 2.50. The molecule has 3 atom stereocenters. The molecule has 2 aliphatic heterocycles. The van der Waals surface area contributed by atoms with Crippen molar-refractivity contribution in [2.45, 2.75) is 19.4 Å². The van der Waals surface area contributed by atoms with Crippen molar-refractivity contribution in [1.29, 1.82) is 0 Å². The molecule has 158 valence electrons. The van der Waals surface area contributed by atoms with Crippen LogP contribution in [0.5, 0.6) is 0 Å². The average molecular weight is 431 g/mol. The highest BCUT2D eigenvalue weighted by Crippen LogP contribution is 2.32. The zero-order valence-corrected chi connectivity index (χ0v) is 17.4. The predicted molar refractivity (Wildman–Crippen MR) is 115 cm³/mol. The Morgan fingerprint density at radius 1 is 1.23 bits per heavy atom. The quantitative estimate of drug-likeness (QED) is 0.764. The van der Waals surface area contributed by atoms with Crippen molar-refractivity contribution in [3.05, 3.63) is 59.4 Å². The number of likely N-dealkylation sites (tertiary alicyclic amines) is 1. The van der Waals surface area contributed by atoms with E-state index in [1.54, 1.807) is 5.01 Å². The molecule has 30 heavy (non-hydrogen) atoms. The number of amides is 2. The van der Waals surface area contributed by atoms with E-state index in [-0.39, 0.29) is 28.8 Å². The van der Waals surface area contributed by atoms with Crippen molar-refractivity contribution in [2.24, 2.45) is 11.8 Å². The van der Waals surface area contributed by atoms with E-state index in [2.05, 4.69) is 22.6 Å². The van der Waals surface area contributed by atoms with Gasteiger partial charge in [0.25, 0.3) is 0 Å². The highest BCUT2D eigenvalue weighted by atomic mass is 35.5. The molecule has 3 unspecified atom stereocenters. The maximum Gasteiger partial charge on any atom is 0.247 e. The topological polar surface area (TPSA) is 64.7 Å². The maximum absolute atomic E-state index is 13.4. The number of hydrogen-bond donors (Lipinski definition) is 2. The van der Waals surface area contributed by atoms with Gasteiger partial charge >= 0.3 is 0 Å². The van der Waals surface area contributed by atoms with Gasteiger partial charge in [-0.2, -0.15) is 0 Å². The van der Waals surface area contributed by atoms with E-state index in [0.29, 0.717) is 18.8 Å². The second kappa shape index (κ2) is 8.71. The number of hydrogen-bond acceptors (Lipinski definition) is 4. The van der Waals surface area contributed by atoms with Crippen LogP contribution in [-0.4, -0.2) is 42.4 Å². The van der Waals surface area contributed by atoms with Gasteiger partial charge in [0.15, 0.2) is 0 Å². The number of fused-ring (bicyclic) bond motifs is 1. The fraction of sp³-hybridized carbons (Fsp3) is 0.364. The molecule has 0 aromatic heterocycles. The predicted octanol–water partition coefficient (Wildman–Crippen LogP) is 3.30. The van der Waals surface area contributed by atoms with Crippen molar-refractivity contribution in [2.75, 3.05) is 30.0 Å². The van der Waals surface area contributed by atoms with Crippen LogP contribution in [0.3, 0.4) is 0 Å². The van der Waals surface area contributed by atoms with Gasteiger partial charge in [-0.1, -0.05) is 36.7 Å². The summed E-state index contributed by atoms with van der Waals surface area (Å²) in [5.41, 5.74) is 4.45. The SMILES string of the molecule is CCCN1CC(C(=O)Nc2ccc(F)c(Cl)c2)C2NN(c3ccccc3)C(=O)C2C1. The van der Waals surface area contributed by atoms with Gasteiger partial charge in [-0.05, 0) is 43.3 Å². The summed E-state index contributed by atoms with van der Waals surface area (Å²) in [6.45, 7) is 4.04. The number of halogens is 2. The minimum Gasteiger partial charge on any atom is -0.326 e. The van der Waals surface area contributed by atoms with Crippen LogP contribution < -0.4 is 15.8 Å². The summed E-state index contributed by atoms with van der Waals surface area (Å²) in [4.78, 5) is 28.5. The van der Waals surface area contributed by atoms with Gasteiger partial charge in [-0.15, -0.1) is 0 Å². The third kappa shape index (κ3) is 4.05. The Bertz CT molecular complexity index is 942. The van der Waals surface area contributed by atoms with Crippen LogP contribution in [0.1, 0.15) is 13.3 Å². The minimum absolute atomic E-state index is 0.0328. The minimum atomic E-state index is -0.539. The van der Waals surface area contributed by atoms with Gasteiger partial charge in [-0.3, -0.25) is 9.59 Å². The molecule has 2 heterocycles. The number of carbonyl (C=O) groups is 2. The molecule has 6 nitrogen and oxygen atoms in total. The van der Waals surface area contributed by atoms with E-state index in [4.69, 9.17) is 11.6 Å². The van der Waals surface area contributed by atoms with Crippen molar-refractivity contribution in [3.63, 3.8) is 0 Å². The molecule has 2 amide bonds. The third-order valence-corrected chi connectivity index (χ3v) is 5.96. The second-order valence-corrected chi connectivity index (χ2v) is 8.16. The molecule has 2 aromatic carbocycles. The maximum atomic E-state index is 13.4. The number of benzene rings is 2. The zero-order valence-electron chi connectivity index (χ0n) is 16.6. The summed E-state index contributed by atoms with van der Waals surface area (Å²) in [6.07, 6.45) is 0.934. The van der Waals surface area contributed by atoms with Crippen molar-refractivity contribution in [1.82, 2.24) is 10.3 Å². The van der Waals surface area contributed by atoms with Crippen LogP contribution in [0.2, 0.25) is 5.02 Å². The molecule has 8 heteroatoms. The number of carbonyl (C=O) groups excluding carboxylic acids is 2. The van der Waals surface area contributed by atoms with E-state index < -0.39 is 11.7 Å². The number of anilines is 2. The lowest BCUT2D eigenvalue weighted by Gasteiger charge is -2.38. The van der Waals surface area contributed by atoms with Crippen LogP contribution in [0.15, 0.2) is 48.5 Å². The lowest BCUT2D eigenvalue weighted by Crippen LogP contribution is -2.56. The third-order valence-electron chi connectivity index (χ3n) is 5.67. The van der Waals surface area contributed by atoms with E-state index in [0.717, 1.165) is 18.7 Å². The molecule has 0 aliphatic carbocycles. The number of hydrazine groups is 1. The molecule has 2 saturated heterocycles. The molecule has 2 N–H and O–H groups in total. The molecular formula is C22H24ClFN4O2. The summed E-state index contributed by atoms with van der Waals surface area (Å²) in [5.74, 6) is -1.56. The standard InChI is InChI=1S/C22H24ClFN4O2/c1-2-10-27-12-16(21(29)25-14-8-9-19(24)18(23)11-14)20-17(13-27)22(30)28(26-20)15-6-4-3-5-7-15/h3-9,11,16-17,20,26H,2,10,12-13H2,1H3,(H,25,29). The summed E-state index contributed by atoms with van der Waals surface area (Å²) in [6, 6.07) is 13.1. The molecular weight excluding hydrogens is 407 g/mol. The molecule has 4 rings (SSSR count). The van der Waals surface area contributed by atoms with E-state index in [1.165, 1.54) is 18.2 Å². The molecule has 0 saturated carbocycles. The monoisotopic (exact) mass is 430 g/mol. The van der Waals surface area contributed by atoms with Crippen molar-refractivity contribution >= 4 is 34.8 Å². The van der Waals surface area contributed by atoms with Crippen molar-refractivity contribution in [3.8, 4) is 0 Å². The lowest BCUT2D eigenvalue weighted by atomic mass is 9.84. The Morgan fingerprint density at radius 3 is 2.70 bits per heavy atom. The Hall–Kier alpha value is -2.48. The van der Waals surface area contributed by atoms with Crippen LogP contribution in [0.4, 0.5) is 15.8 Å². The molecule has 0 bridgehead atoms. The van der Waals surface area contributed by atoms with Gasteiger partial charge in [0.1, 0.15) is 5.82 Å². The van der Waals surface area contributed by atoms with Gasteiger partial charge in [0.2, 0.25) is 11.8 Å². The first-order valence-corrected chi connectivity index (χ1v) is 10.5. The van der Waals surface area contributed by atoms with Crippen LogP contribution in [0, 0.1) is 17.7 Å². The van der Waals surface area contributed by atoms with Crippen LogP contribution in [-0.2, 0) is 9.59 Å². The van der Waals surface area contributed by atoms with E-state index >= 15 is 0 Å². The molecule has 2 aromatic rings. The summed E-state index contributed by atoms with van der Waals surface area (Å²) in [7, 11) is 0. The summed E-state index contributed by atoms with van der Waals surface area (Å²) >= 11 is 5.84. The number of para-hydroxylation sites is 1. The fourth-order valence-electron chi connectivity index (χ4n) is 4.26. The van der Waals surface area contributed by atoms with Gasteiger partial charge in [-0.25, -0.2) is 14.8 Å². The summed E-state index contributed by atoms with van der Waals surface area (Å²) < 4.78 is 13.4. The molecule has 2 fully saturated rings. The summed E-state index contributed by atoms with van der Waals surface area (Å²) in [5, 5.41) is 4.34. The molecule has 0 spiro atoms. The number of piperidine rings is 1. The zero-order chi connectivity index (χ0) is 21.3. The molecule has 2 aliphatic rings. The van der Waals surface area contributed by atoms with Crippen LogP contribution in [0.25, 0.3) is 0 Å². The first kappa shape index (κ1) is 20.8. The Labute approximate surface area is 180 Å². The number of nitrogens with one attached hydrogen (secondary N) is 2. The van der Waals surface area contributed by atoms with Crippen LogP contribution >= 0.6 is 11.6 Å². The molecule has 0 radical (unpaired) electrons. The van der Waals surface area contributed by atoms with Crippen molar-refractivity contribution < 1.29 is 14.0 Å². The van der Waals surface area contributed by atoms with E-state index in [1.807, 2.05) is 30.3 Å². The Morgan fingerprint density at radius 2 is 2.00 bits per heavy atom. The van der Waals surface area contributed by atoms with Gasteiger partial charge < -0.3 is 10.2 Å². The Kier molecular flexibility index (Phi) is 6.04. The van der Waals surface area contributed by atoms with Gasteiger partial charge in [0.05, 0.1) is 28.6 Å². The Balaban J connectivity index is 1.58. The number of nitrogens with zero attached hydrogens (tertiary/aromatic N) is 2. The lowest BCUT2D eigenvalue weighted by molar-refractivity contribution is -0.126. The first-order chi connectivity index (χ1) is 14.5. The second-order valence-electron chi connectivity index (χ2n) is 7.75. The highest BCUT2D eigenvalue weighted by molar-refractivity contribution is 6.31. The van der Waals surface area contributed by atoms with E-state index in [9.17, 15) is 14.0 Å².